The lowest BCUT2D eigenvalue weighted by molar-refractivity contribution is -0.137. The molecule has 0 saturated heterocycles. The quantitative estimate of drug-likeness (QED) is 0.634. The minimum Gasteiger partial charge on any atom is -0.464 e. The Balaban J connectivity index is 2.68. The number of carbonyl (C=O) groups is 3. The Labute approximate surface area is 128 Å². The van der Waals surface area contributed by atoms with Crippen molar-refractivity contribution in [3.63, 3.8) is 0 Å². The standard InChI is InChI=1S/C15H18N2O5/c1-10(13(14(19)21-3)17-11(2)18)16-15(20)22-9-12-7-5-4-6-8-12/h4-8H,9H2,1-3H3,(H,16,20)(H,17,18)/b13-10+. The number of methoxy groups -OCH3 is 1. The summed E-state index contributed by atoms with van der Waals surface area (Å²) in [5.74, 6) is -1.23. The van der Waals surface area contributed by atoms with Crippen LogP contribution in [0.1, 0.15) is 19.4 Å². The highest BCUT2D eigenvalue weighted by Crippen LogP contribution is 2.03. The molecule has 1 aromatic carbocycles. The summed E-state index contributed by atoms with van der Waals surface area (Å²) in [7, 11) is 1.17. The summed E-state index contributed by atoms with van der Waals surface area (Å²) >= 11 is 0. The van der Waals surface area contributed by atoms with Crippen LogP contribution in [0.2, 0.25) is 0 Å². The number of allylic oxidation sites excluding steroid dienone is 1. The first kappa shape index (κ1) is 17.2. The highest BCUT2D eigenvalue weighted by molar-refractivity contribution is 5.94. The summed E-state index contributed by atoms with van der Waals surface area (Å²) in [5.41, 5.74) is 0.807. The molecule has 0 radical (unpaired) electrons. The molecule has 0 unspecified atom stereocenters. The predicted octanol–water partition coefficient (Wildman–Crippen LogP) is 1.45. The van der Waals surface area contributed by atoms with Crippen molar-refractivity contribution < 1.29 is 23.9 Å². The van der Waals surface area contributed by atoms with Gasteiger partial charge in [-0.25, -0.2) is 9.59 Å². The number of rotatable bonds is 5. The molecule has 0 heterocycles. The van der Waals surface area contributed by atoms with Gasteiger partial charge in [0.25, 0.3) is 0 Å². The van der Waals surface area contributed by atoms with E-state index in [1.807, 2.05) is 30.3 Å². The van der Waals surface area contributed by atoms with Crippen molar-refractivity contribution >= 4 is 18.0 Å². The molecular formula is C15H18N2O5. The van der Waals surface area contributed by atoms with Gasteiger partial charge in [0.1, 0.15) is 12.3 Å². The van der Waals surface area contributed by atoms with E-state index in [2.05, 4.69) is 15.4 Å². The maximum absolute atomic E-state index is 11.7. The predicted molar refractivity (Wildman–Crippen MR) is 78.3 cm³/mol. The molecule has 1 rings (SSSR count). The summed E-state index contributed by atoms with van der Waals surface area (Å²) in [4.78, 5) is 34.3. The topological polar surface area (TPSA) is 93.7 Å². The number of carbonyl (C=O) groups excluding carboxylic acids is 3. The summed E-state index contributed by atoms with van der Waals surface area (Å²) in [6, 6.07) is 9.13. The normalized spacial score (nSPS) is 11.0. The number of ether oxygens (including phenoxy) is 2. The Kier molecular flexibility index (Phi) is 6.62. The van der Waals surface area contributed by atoms with E-state index in [0.29, 0.717) is 0 Å². The van der Waals surface area contributed by atoms with Gasteiger partial charge < -0.3 is 14.8 Å². The van der Waals surface area contributed by atoms with E-state index in [9.17, 15) is 14.4 Å². The number of hydrogen-bond donors (Lipinski definition) is 2. The van der Waals surface area contributed by atoms with Crippen LogP contribution in [-0.4, -0.2) is 25.1 Å². The SMILES string of the molecule is COC(=O)/C(NC(C)=O)=C(/C)NC(=O)OCc1ccccc1. The minimum absolute atomic E-state index is 0.0909. The third-order valence-corrected chi connectivity index (χ3v) is 2.57. The van der Waals surface area contributed by atoms with Gasteiger partial charge in [-0.15, -0.1) is 0 Å². The van der Waals surface area contributed by atoms with Gasteiger partial charge in [-0.05, 0) is 12.5 Å². The minimum atomic E-state index is -0.768. The van der Waals surface area contributed by atoms with Gasteiger partial charge in [0.2, 0.25) is 5.91 Å². The van der Waals surface area contributed by atoms with Gasteiger partial charge in [0.05, 0.1) is 7.11 Å². The molecule has 0 spiro atoms. The van der Waals surface area contributed by atoms with E-state index < -0.39 is 18.0 Å². The zero-order valence-corrected chi connectivity index (χ0v) is 12.6. The average molecular weight is 306 g/mol. The molecule has 118 valence electrons. The Morgan fingerprint density at radius 2 is 1.68 bits per heavy atom. The molecule has 0 bridgehead atoms. The second kappa shape index (κ2) is 8.46. The molecule has 22 heavy (non-hydrogen) atoms. The Morgan fingerprint density at radius 1 is 1.05 bits per heavy atom. The maximum Gasteiger partial charge on any atom is 0.411 e. The van der Waals surface area contributed by atoms with Gasteiger partial charge in [-0.1, -0.05) is 30.3 Å². The molecule has 2 amide bonds. The largest absolute Gasteiger partial charge is 0.464 e. The number of amides is 2. The number of hydrogen-bond acceptors (Lipinski definition) is 5. The third kappa shape index (κ3) is 5.66. The van der Waals surface area contributed by atoms with Crippen LogP contribution in [0.3, 0.4) is 0 Å². The molecule has 0 aromatic heterocycles. The lowest BCUT2D eigenvalue weighted by Gasteiger charge is -2.12. The summed E-state index contributed by atoms with van der Waals surface area (Å²) in [6.45, 7) is 2.78. The molecule has 1 aromatic rings. The summed E-state index contributed by atoms with van der Waals surface area (Å²) in [5, 5.41) is 4.68. The van der Waals surface area contributed by atoms with Crippen molar-refractivity contribution in [3.05, 3.63) is 47.3 Å². The first-order valence-corrected chi connectivity index (χ1v) is 6.48. The number of esters is 1. The second-order valence-electron chi connectivity index (χ2n) is 4.36. The monoisotopic (exact) mass is 306 g/mol. The zero-order valence-electron chi connectivity index (χ0n) is 12.6. The number of nitrogens with one attached hydrogen (secondary N) is 2. The van der Waals surface area contributed by atoms with Gasteiger partial charge in [-0.2, -0.15) is 0 Å². The molecule has 0 aliphatic carbocycles. The lowest BCUT2D eigenvalue weighted by atomic mass is 10.2. The molecule has 2 N–H and O–H groups in total. The molecule has 0 atom stereocenters. The van der Waals surface area contributed by atoms with Crippen LogP contribution in [0.4, 0.5) is 4.79 Å². The highest BCUT2D eigenvalue weighted by atomic mass is 16.5. The van der Waals surface area contributed by atoms with E-state index in [1.54, 1.807) is 0 Å². The Hall–Kier alpha value is -2.83. The second-order valence-corrected chi connectivity index (χ2v) is 4.36. The summed E-state index contributed by atoms with van der Waals surface area (Å²) < 4.78 is 9.56. The number of alkyl carbamates (subject to hydrolysis) is 1. The van der Waals surface area contributed by atoms with Gasteiger partial charge in [-0.3, -0.25) is 10.1 Å². The van der Waals surface area contributed by atoms with Crippen molar-refractivity contribution in [1.82, 2.24) is 10.6 Å². The fraction of sp³-hybridized carbons (Fsp3) is 0.267. The van der Waals surface area contributed by atoms with E-state index in [4.69, 9.17) is 4.74 Å². The van der Waals surface area contributed by atoms with E-state index in [-0.39, 0.29) is 18.0 Å². The maximum atomic E-state index is 11.7. The van der Waals surface area contributed by atoms with Crippen LogP contribution in [0.15, 0.2) is 41.7 Å². The van der Waals surface area contributed by atoms with Crippen molar-refractivity contribution in [2.75, 3.05) is 7.11 Å². The Bertz CT molecular complexity index is 581. The first-order chi connectivity index (χ1) is 10.4. The van der Waals surface area contributed by atoms with Crippen LogP contribution >= 0.6 is 0 Å². The fourth-order valence-electron chi connectivity index (χ4n) is 1.55. The molecule has 7 nitrogen and oxygen atoms in total. The van der Waals surface area contributed by atoms with Crippen LogP contribution in [0.5, 0.6) is 0 Å². The zero-order chi connectivity index (χ0) is 16.5. The van der Waals surface area contributed by atoms with E-state index >= 15 is 0 Å². The fourth-order valence-corrected chi connectivity index (χ4v) is 1.55. The van der Waals surface area contributed by atoms with Crippen molar-refractivity contribution in [3.8, 4) is 0 Å². The van der Waals surface area contributed by atoms with Crippen LogP contribution in [0, 0.1) is 0 Å². The molecule has 0 aliphatic heterocycles. The van der Waals surface area contributed by atoms with Crippen LogP contribution in [0.25, 0.3) is 0 Å². The average Bonchev–Trinajstić information content (AvgIpc) is 2.50. The van der Waals surface area contributed by atoms with Crippen molar-refractivity contribution in [1.29, 1.82) is 0 Å². The Morgan fingerprint density at radius 3 is 2.23 bits per heavy atom. The van der Waals surface area contributed by atoms with Gasteiger partial charge in [0.15, 0.2) is 0 Å². The van der Waals surface area contributed by atoms with E-state index in [0.717, 1.165) is 5.56 Å². The smallest absolute Gasteiger partial charge is 0.411 e. The van der Waals surface area contributed by atoms with Crippen LogP contribution < -0.4 is 10.6 Å². The summed E-state index contributed by atoms with van der Waals surface area (Å²) in [6.07, 6.45) is -0.742. The molecule has 0 saturated carbocycles. The van der Waals surface area contributed by atoms with E-state index in [1.165, 1.54) is 21.0 Å². The molecular weight excluding hydrogens is 288 g/mol. The van der Waals surface area contributed by atoms with Gasteiger partial charge in [0, 0.05) is 12.6 Å². The molecule has 7 heteroatoms. The van der Waals surface area contributed by atoms with Crippen molar-refractivity contribution in [2.24, 2.45) is 0 Å². The lowest BCUT2D eigenvalue weighted by Crippen LogP contribution is -2.32. The van der Waals surface area contributed by atoms with Gasteiger partial charge >= 0.3 is 12.1 Å². The first-order valence-electron chi connectivity index (χ1n) is 6.48. The van der Waals surface area contributed by atoms with Crippen LogP contribution in [-0.2, 0) is 25.7 Å². The third-order valence-electron chi connectivity index (χ3n) is 2.57. The molecule has 0 fully saturated rings. The van der Waals surface area contributed by atoms with Crippen molar-refractivity contribution in [2.45, 2.75) is 20.5 Å². The highest BCUT2D eigenvalue weighted by Gasteiger charge is 2.17. The number of benzene rings is 1. The molecule has 0 aliphatic rings.